The van der Waals surface area contributed by atoms with Crippen LogP contribution < -0.4 is 15.4 Å². The van der Waals surface area contributed by atoms with Crippen LogP contribution in [-0.2, 0) is 11.8 Å². The van der Waals surface area contributed by atoms with Gasteiger partial charge in [0, 0.05) is 36.8 Å². The molecule has 0 saturated carbocycles. The van der Waals surface area contributed by atoms with Gasteiger partial charge >= 0.3 is 0 Å². The lowest BCUT2D eigenvalue weighted by Gasteiger charge is -2.29. The van der Waals surface area contributed by atoms with E-state index in [-0.39, 0.29) is 23.6 Å². The SMILES string of the molecule is COc1nn(C)cc1Nc1ncc(F)c(-c2c[nH]c3c(NC(=O)[C@H]4CCCN4C4CCN(C)C4)cccc23)n1. The van der Waals surface area contributed by atoms with Gasteiger partial charge in [0.05, 0.1) is 36.7 Å². The highest BCUT2D eigenvalue weighted by molar-refractivity contribution is 6.06. The van der Waals surface area contributed by atoms with E-state index in [2.05, 4.69) is 47.5 Å². The third-order valence-corrected chi connectivity index (χ3v) is 7.64. The lowest BCUT2D eigenvalue weighted by Crippen LogP contribution is -2.46. The van der Waals surface area contributed by atoms with Crippen molar-refractivity contribution in [3.8, 4) is 17.1 Å². The Bertz CT molecular complexity index is 1520. The van der Waals surface area contributed by atoms with Crippen LogP contribution in [0.2, 0.25) is 0 Å². The molecule has 204 valence electrons. The maximum Gasteiger partial charge on any atom is 0.256 e. The number of fused-ring (bicyclic) bond motifs is 1. The van der Waals surface area contributed by atoms with Gasteiger partial charge in [-0.25, -0.2) is 14.4 Å². The number of para-hydroxylation sites is 1. The van der Waals surface area contributed by atoms with E-state index in [9.17, 15) is 9.18 Å². The second-order valence-corrected chi connectivity index (χ2v) is 10.3. The number of carbonyl (C=O) groups excluding carboxylic acids is 1. The second kappa shape index (κ2) is 10.3. The number of hydrogen-bond acceptors (Lipinski definition) is 8. The molecule has 39 heavy (non-hydrogen) atoms. The number of aryl methyl sites for hydroxylation is 1. The predicted molar refractivity (Wildman–Crippen MR) is 147 cm³/mol. The minimum atomic E-state index is -0.558. The molecule has 2 fully saturated rings. The summed E-state index contributed by atoms with van der Waals surface area (Å²) in [4.78, 5) is 29.9. The highest BCUT2D eigenvalue weighted by atomic mass is 19.1. The smallest absolute Gasteiger partial charge is 0.256 e. The zero-order valence-electron chi connectivity index (χ0n) is 22.2. The van der Waals surface area contributed by atoms with Crippen LogP contribution in [0.25, 0.3) is 22.2 Å². The van der Waals surface area contributed by atoms with Gasteiger partial charge in [0.1, 0.15) is 11.4 Å². The number of nitrogens with one attached hydrogen (secondary N) is 3. The Labute approximate surface area is 225 Å². The number of anilines is 3. The average Bonchev–Trinajstić information content (AvgIpc) is 3.71. The largest absolute Gasteiger partial charge is 0.478 e. The topological polar surface area (TPSA) is 116 Å². The van der Waals surface area contributed by atoms with Crippen molar-refractivity contribution >= 4 is 34.1 Å². The third kappa shape index (κ3) is 4.81. The molecule has 6 rings (SSSR count). The number of halogens is 1. The van der Waals surface area contributed by atoms with Crippen molar-refractivity contribution in [3.05, 3.63) is 42.6 Å². The number of ether oxygens (including phenoxy) is 1. The zero-order valence-corrected chi connectivity index (χ0v) is 22.2. The summed E-state index contributed by atoms with van der Waals surface area (Å²) in [6, 6.07) is 5.86. The highest BCUT2D eigenvalue weighted by Crippen LogP contribution is 2.34. The van der Waals surface area contributed by atoms with Gasteiger partial charge in [-0.05, 0) is 45.5 Å². The summed E-state index contributed by atoms with van der Waals surface area (Å²) in [6.45, 7) is 3.00. The summed E-state index contributed by atoms with van der Waals surface area (Å²) in [5, 5.41) is 11.1. The summed E-state index contributed by atoms with van der Waals surface area (Å²) < 4.78 is 21.9. The Morgan fingerprint density at radius 1 is 1.21 bits per heavy atom. The van der Waals surface area contributed by atoms with Crippen LogP contribution in [0, 0.1) is 5.82 Å². The molecule has 0 bridgehead atoms. The van der Waals surface area contributed by atoms with Gasteiger partial charge in [-0.15, -0.1) is 5.10 Å². The van der Waals surface area contributed by atoms with Crippen LogP contribution in [0.3, 0.4) is 0 Å². The first-order valence-electron chi connectivity index (χ1n) is 13.1. The number of amides is 1. The van der Waals surface area contributed by atoms with Crippen LogP contribution in [0.4, 0.5) is 21.7 Å². The van der Waals surface area contributed by atoms with E-state index in [1.165, 1.54) is 7.11 Å². The molecule has 11 nitrogen and oxygen atoms in total. The zero-order chi connectivity index (χ0) is 27.1. The number of aromatic nitrogens is 5. The summed E-state index contributed by atoms with van der Waals surface area (Å²) >= 11 is 0. The first-order valence-corrected chi connectivity index (χ1v) is 13.1. The Balaban J connectivity index is 1.26. The molecule has 1 aromatic carbocycles. The molecule has 5 heterocycles. The summed E-state index contributed by atoms with van der Waals surface area (Å²) in [7, 11) is 5.42. The fourth-order valence-corrected chi connectivity index (χ4v) is 5.80. The predicted octanol–water partition coefficient (Wildman–Crippen LogP) is 3.36. The quantitative estimate of drug-likeness (QED) is 0.331. The number of benzene rings is 1. The average molecular weight is 534 g/mol. The van der Waals surface area contributed by atoms with Crippen LogP contribution in [-0.4, -0.2) is 86.3 Å². The molecule has 0 spiro atoms. The molecule has 2 aliphatic rings. The van der Waals surface area contributed by atoms with E-state index in [0.717, 1.165) is 50.5 Å². The third-order valence-electron chi connectivity index (χ3n) is 7.64. The lowest BCUT2D eigenvalue weighted by molar-refractivity contribution is -0.121. The van der Waals surface area contributed by atoms with E-state index in [1.807, 2.05) is 18.2 Å². The molecule has 3 aromatic heterocycles. The van der Waals surface area contributed by atoms with Gasteiger partial charge in [-0.2, -0.15) is 0 Å². The highest BCUT2D eigenvalue weighted by Gasteiger charge is 2.37. The minimum Gasteiger partial charge on any atom is -0.478 e. The Morgan fingerprint density at radius 2 is 2.08 bits per heavy atom. The normalized spacial score (nSPS) is 20.1. The first kappa shape index (κ1) is 25.3. The van der Waals surface area contributed by atoms with Crippen molar-refractivity contribution < 1.29 is 13.9 Å². The number of aromatic amines is 1. The van der Waals surface area contributed by atoms with E-state index < -0.39 is 5.82 Å². The monoisotopic (exact) mass is 533 g/mol. The fourth-order valence-electron chi connectivity index (χ4n) is 5.80. The molecule has 1 unspecified atom stereocenters. The van der Waals surface area contributed by atoms with Crippen LogP contribution in [0.1, 0.15) is 19.3 Å². The number of likely N-dealkylation sites (tertiary alicyclic amines) is 2. The Kier molecular flexibility index (Phi) is 6.65. The van der Waals surface area contributed by atoms with Gasteiger partial charge in [-0.1, -0.05) is 12.1 Å². The minimum absolute atomic E-state index is 0.00387. The van der Waals surface area contributed by atoms with Crippen molar-refractivity contribution in [1.29, 1.82) is 0 Å². The van der Waals surface area contributed by atoms with Gasteiger partial charge in [0.15, 0.2) is 5.82 Å². The van der Waals surface area contributed by atoms with E-state index in [4.69, 9.17) is 4.74 Å². The Hall–Kier alpha value is -4.03. The van der Waals surface area contributed by atoms with E-state index in [0.29, 0.717) is 34.4 Å². The summed E-state index contributed by atoms with van der Waals surface area (Å²) in [6.07, 6.45) is 7.52. The Morgan fingerprint density at radius 3 is 2.87 bits per heavy atom. The summed E-state index contributed by atoms with van der Waals surface area (Å²) in [5.74, 6) is 0.0172. The molecule has 3 N–H and O–H groups in total. The molecule has 2 aliphatic heterocycles. The van der Waals surface area contributed by atoms with E-state index >= 15 is 0 Å². The maximum absolute atomic E-state index is 15.0. The molecule has 4 aromatic rings. The van der Waals surface area contributed by atoms with Crippen molar-refractivity contribution in [3.63, 3.8) is 0 Å². The number of methoxy groups -OCH3 is 1. The van der Waals surface area contributed by atoms with Gasteiger partial charge in [0.25, 0.3) is 5.88 Å². The molecule has 2 atom stereocenters. The number of rotatable bonds is 7. The molecule has 12 heteroatoms. The summed E-state index contributed by atoms with van der Waals surface area (Å²) in [5.41, 5.74) is 2.64. The molecule has 1 amide bonds. The van der Waals surface area contributed by atoms with Gasteiger partial charge in [0.2, 0.25) is 11.9 Å². The van der Waals surface area contributed by atoms with E-state index in [1.54, 1.807) is 24.1 Å². The maximum atomic E-state index is 15.0. The number of hydrogen-bond donors (Lipinski definition) is 3. The molecular weight excluding hydrogens is 501 g/mol. The number of likely N-dealkylation sites (N-methyl/N-ethyl adjacent to an activating group) is 1. The van der Waals surface area contributed by atoms with Gasteiger partial charge in [-0.3, -0.25) is 14.4 Å². The molecular formula is C27H32FN9O2. The lowest BCUT2D eigenvalue weighted by atomic mass is 10.1. The number of H-pyrrole nitrogens is 1. The van der Waals surface area contributed by atoms with Gasteiger partial charge < -0.3 is 25.3 Å². The van der Waals surface area contributed by atoms with Crippen molar-refractivity contribution in [2.24, 2.45) is 7.05 Å². The van der Waals surface area contributed by atoms with Crippen molar-refractivity contribution in [2.75, 3.05) is 44.4 Å². The second-order valence-electron chi connectivity index (χ2n) is 10.3. The number of carbonyl (C=O) groups is 1. The van der Waals surface area contributed by atoms with Crippen molar-refractivity contribution in [2.45, 2.75) is 31.3 Å². The number of nitrogens with zero attached hydrogens (tertiary/aromatic N) is 6. The molecule has 0 radical (unpaired) electrons. The van der Waals surface area contributed by atoms with Crippen molar-refractivity contribution in [1.82, 2.24) is 34.5 Å². The first-order chi connectivity index (χ1) is 18.9. The standard InChI is InChI=1S/C27H32FN9O2/c1-35-11-9-16(14-35)37-10-5-8-22(37)25(38)31-20-7-4-6-17-18(12-29-24(17)20)23-19(28)13-30-27(33-23)32-21-15-36(2)34-26(21)39-3/h4,6-7,12-13,15-16,22,29H,5,8-11,14H2,1-3H3,(H,31,38)(H,30,32,33)/t16?,22-/m1/s1. The molecule has 0 aliphatic carbocycles. The van der Waals surface area contributed by atoms with Crippen LogP contribution in [0.15, 0.2) is 36.8 Å². The fraction of sp³-hybridized carbons (Fsp3) is 0.407. The van der Waals surface area contributed by atoms with Crippen LogP contribution in [0.5, 0.6) is 5.88 Å². The molecule has 2 saturated heterocycles. The van der Waals surface area contributed by atoms with Crippen LogP contribution >= 0.6 is 0 Å².